The molecule has 4 rings (SSSR count). The molecule has 0 unspecified atom stereocenters. The van der Waals surface area contributed by atoms with E-state index >= 15 is 0 Å². The topological polar surface area (TPSA) is 64.4 Å². The summed E-state index contributed by atoms with van der Waals surface area (Å²) in [5.74, 6) is 0.660. The van der Waals surface area contributed by atoms with Crippen molar-refractivity contribution >= 4 is 34.3 Å². The summed E-state index contributed by atoms with van der Waals surface area (Å²) in [5.41, 5.74) is 5.32. The van der Waals surface area contributed by atoms with Gasteiger partial charge in [0.15, 0.2) is 5.58 Å². The van der Waals surface area contributed by atoms with E-state index in [2.05, 4.69) is 10.3 Å². The monoisotopic (exact) mass is 406 g/mol. The molecule has 0 atom stereocenters. The zero-order valence-corrected chi connectivity index (χ0v) is 17.0. The molecule has 4 aromatic rings. The summed E-state index contributed by atoms with van der Waals surface area (Å²) in [6, 6.07) is 16.4. The predicted molar refractivity (Wildman–Crippen MR) is 115 cm³/mol. The number of carbonyl (C=O) groups excluding carboxylic acids is 1. The lowest BCUT2D eigenvalue weighted by Gasteiger charge is -2.13. The SMILES string of the molecule is COc1ccc(Cl)cc1C(=O)Nc1cccc(-c2nc3ccc(C)cc3o2)c1C. The third kappa shape index (κ3) is 3.69. The Balaban J connectivity index is 1.69. The van der Waals surface area contributed by atoms with Gasteiger partial charge in [-0.15, -0.1) is 0 Å². The van der Waals surface area contributed by atoms with Crippen LogP contribution in [0.5, 0.6) is 5.75 Å². The number of aromatic nitrogens is 1. The van der Waals surface area contributed by atoms with Crippen LogP contribution in [-0.4, -0.2) is 18.0 Å². The van der Waals surface area contributed by atoms with E-state index in [4.69, 9.17) is 20.8 Å². The lowest BCUT2D eigenvalue weighted by molar-refractivity contribution is 0.102. The molecule has 0 spiro atoms. The highest BCUT2D eigenvalue weighted by Gasteiger charge is 2.17. The molecule has 0 saturated carbocycles. The van der Waals surface area contributed by atoms with E-state index < -0.39 is 0 Å². The highest BCUT2D eigenvalue weighted by molar-refractivity contribution is 6.31. The molecule has 0 fully saturated rings. The molecule has 5 nitrogen and oxygen atoms in total. The zero-order chi connectivity index (χ0) is 20.5. The van der Waals surface area contributed by atoms with Gasteiger partial charge < -0.3 is 14.5 Å². The zero-order valence-electron chi connectivity index (χ0n) is 16.2. The number of anilines is 1. The Morgan fingerprint density at radius 2 is 1.93 bits per heavy atom. The average Bonchev–Trinajstić information content (AvgIpc) is 3.12. The van der Waals surface area contributed by atoms with Crippen LogP contribution in [0.2, 0.25) is 5.02 Å². The number of rotatable bonds is 4. The molecule has 3 aromatic carbocycles. The number of methoxy groups -OCH3 is 1. The van der Waals surface area contributed by atoms with Gasteiger partial charge in [-0.1, -0.05) is 23.7 Å². The molecule has 146 valence electrons. The molecule has 0 bridgehead atoms. The number of hydrogen-bond acceptors (Lipinski definition) is 4. The lowest BCUT2D eigenvalue weighted by atomic mass is 10.1. The van der Waals surface area contributed by atoms with Gasteiger partial charge in [0.1, 0.15) is 11.3 Å². The van der Waals surface area contributed by atoms with Crippen LogP contribution in [-0.2, 0) is 0 Å². The van der Waals surface area contributed by atoms with E-state index in [1.54, 1.807) is 18.2 Å². The highest BCUT2D eigenvalue weighted by Crippen LogP contribution is 2.31. The number of halogens is 1. The van der Waals surface area contributed by atoms with Gasteiger partial charge in [-0.2, -0.15) is 0 Å². The number of hydrogen-bond donors (Lipinski definition) is 1. The molecule has 6 heteroatoms. The molecular weight excluding hydrogens is 388 g/mol. The molecule has 0 aliphatic rings. The van der Waals surface area contributed by atoms with Crippen molar-refractivity contribution in [3.05, 3.63) is 76.3 Å². The second-order valence-corrected chi connectivity index (χ2v) is 7.20. The van der Waals surface area contributed by atoms with Gasteiger partial charge in [0.25, 0.3) is 5.91 Å². The Morgan fingerprint density at radius 3 is 2.72 bits per heavy atom. The Labute approximate surface area is 173 Å². The molecule has 0 radical (unpaired) electrons. The second kappa shape index (κ2) is 7.60. The largest absolute Gasteiger partial charge is 0.496 e. The van der Waals surface area contributed by atoms with E-state index in [0.29, 0.717) is 27.9 Å². The number of fused-ring (bicyclic) bond motifs is 1. The molecule has 1 N–H and O–H groups in total. The van der Waals surface area contributed by atoms with Gasteiger partial charge in [-0.3, -0.25) is 4.79 Å². The summed E-state index contributed by atoms with van der Waals surface area (Å²) >= 11 is 6.05. The van der Waals surface area contributed by atoms with Gasteiger partial charge in [0, 0.05) is 16.3 Å². The van der Waals surface area contributed by atoms with Crippen LogP contribution >= 0.6 is 11.6 Å². The molecule has 0 aliphatic carbocycles. The summed E-state index contributed by atoms with van der Waals surface area (Å²) in [5, 5.41) is 3.40. The van der Waals surface area contributed by atoms with E-state index in [0.717, 1.165) is 27.8 Å². The fourth-order valence-corrected chi connectivity index (χ4v) is 3.37. The van der Waals surface area contributed by atoms with E-state index in [-0.39, 0.29) is 5.91 Å². The number of oxazole rings is 1. The molecular formula is C23H19ClN2O3. The van der Waals surface area contributed by atoms with Crippen molar-refractivity contribution in [2.75, 3.05) is 12.4 Å². The minimum atomic E-state index is -0.308. The van der Waals surface area contributed by atoms with E-state index in [1.165, 1.54) is 7.11 Å². The lowest BCUT2D eigenvalue weighted by Crippen LogP contribution is -2.14. The smallest absolute Gasteiger partial charge is 0.259 e. The summed E-state index contributed by atoms with van der Waals surface area (Å²) in [6.07, 6.45) is 0. The minimum absolute atomic E-state index is 0.308. The van der Waals surface area contributed by atoms with Gasteiger partial charge in [0.2, 0.25) is 5.89 Å². The average molecular weight is 407 g/mol. The first-order valence-corrected chi connectivity index (χ1v) is 9.46. The number of carbonyl (C=O) groups is 1. The molecule has 29 heavy (non-hydrogen) atoms. The summed E-state index contributed by atoms with van der Waals surface area (Å²) in [4.78, 5) is 17.4. The van der Waals surface area contributed by atoms with Gasteiger partial charge in [0.05, 0.1) is 12.7 Å². The quantitative estimate of drug-likeness (QED) is 0.449. The Kier molecular flexibility index (Phi) is 4.99. The van der Waals surface area contributed by atoms with Crippen molar-refractivity contribution in [2.24, 2.45) is 0 Å². The third-order valence-electron chi connectivity index (χ3n) is 4.76. The third-order valence-corrected chi connectivity index (χ3v) is 5.00. The Bertz CT molecular complexity index is 1230. The van der Waals surface area contributed by atoms with Gasteiger partial charge >= 0.3 is 0 Å². The van der Waals surface area contributed by atoms with Crippen LogP contribution < -0.4 is 10.1 Å². The van der Waals surface area contributed by atoms with Crippen molar-refractivity contribution in [1.82, 2.24) is 4.98 Å². The molecule has 0 saturated heterocycles. The maximum Gasteiger partial charge on any atom is 0.259 e. The van der Waals surface area contributed by atoms with Crippen molar-refractivity contribution in [3.63, 3.8) is 0 Å². The van der Waals surface area contributed by atoms with Gasteiger partial charge in [-0.25, -0.2) is 4.98 Å². The number of amides is 1. The molecule has 0 aliphatic heterocycles. The number of benzene rings is 3. The number of nitrogens with zero attached hydrogens (tertiary/aromatic N) is 1. The normalized spacial score (nSPS) is 10.9. The first-order chi connectivity index (χ1) is 14.0. The van der Waals surface area contributed by atoms with Crippen LogP contribution in [0.3, 0.4) is 0 Å². The second-order valence-electron chi connectivity index (χ2n) is 6.77. The fraction of sp³-hybridized carbons (Fsp3) is 0.130. The molecule has 1 heterocycles. The maximum absolute atomic E-state index is 12.8. The Morgan fingerprint density at radius 1 is 1.10 bits per heavy atom. The minimum Gasteiger partial charge on any atom is -0.496 e. The van der Waals surface area contributed by atoms with Crippen molar-refractivity contribution in [2.45, 2.75) is 13.8 Å². The Hall–Kier alpha value is -3.31. The standard InChI is InChI=1S/C23H19ClN2O3/c1-13-7-9-19-21(11-13)29-23(26-19)16-5-4-6-18(14(16)2)25-22(27)17-12-15(24)8-10-20(17)28-3/h4-12H,1-3H3,(H,25,27). The van der Waals surface area contributed by atoms with Gasteiger partial charge in [-0.05, 0) is 67.4 Å². The van der Waals surface area contributed by atoms with Crippen molar-refractivity contribution < 1.29 is 13.9 Å². The van der Waals surface area contributed by atoms with E-state index in [1.807, 2.05) is 50.2 Å². The van der Waals surface area contributed by atoms with E-state index in [9.17, 15) is 4.79 Å². The summed E-state index contributed by atoms with van der Waals surface area (Å²) < 4.78 is 11.2. The number of nitrogens with one attached hydrogen (secondary N) is 1. The number of ether oxygens (including phenoxy) is 1. The fourth-order valence-electron chi connectivity index (χ4n) is 3.20. The maximum atomic E-state index is 12.8. The van der Waals surface area contributed by atoms with Crippen molar-refractivity contribution in [3.8, 4) is 17.2 Å². The first kappa shape index (κ1) is 19.0. The predicted octanol–water partition coefficient (Wildman–Crippen LogP) is 6.03. The summed E-state index contributed by atoms with van der Waals surface area (Å²) in [7, 11) is 1.51. The number of aryl methyl sites for hydroxylation is 1. The van der Waals surface area contributed by atoms with Crippen LogP contribution in [0.1, 0.15) is 21.5 Å². The van der Waals surface area contributed by atoms with Crippen molar-refractivity contribution in [1.29, 1.82) is 0 Å². The molecule has 1 aromatic heterocycles. The molecule has 1 amide bonds. The van der Waals surface area contributed by atoms with Crippen LogP contribution in [0.25, 0.3) is 22.6 Å². The van der Waals surface area contributed by atoms with Crippen LogP contribution in [0.4, 0.5) is 5.69 Å². The van der Waals surface area contributed by atoms with Crippen LogP contribution in [0.15, 0.2) is 59.0 Å². The summed E-state index contributed by atoms with van der Waals surface area (Å²) in [6.45, 7) is 3.92. The first-order valence-electron chi connectivity index (χ1n) is 9.08. The van der Waals surface area contributed by atoms with Crippen LogP contribution in [0, 0.1) is 13.8 Å². The highest BCUT2D eigenvalue weighted by atomic mass is 35.5.